The Labute approximate surface area is 239 Å². The van der Waals surface area contributed by atoms with E-state index in [2.05, 4.69) is 17.2 Å². The summed E-state index contributed by atoms with van der Waals surface area (Å²) in [5.41, 5.74) is 20.8. The van der Waals surface area contributed by atoms with E-state index in [1.165, 1.54) is 60.1 Å². The first-order valence-electron chi connectivity index (χ1n) is 13.2. The Morgan fingerprint density at radius 2 is 1.21 bits per heavy atom. The quantitative estimate of drug-likeness (QED) is 0.0362. The van der Waals surface area contributed by atoms with E-state index in [0.29, 0.717) is 25.8 Å². The molecule has 12 N–H and O–H groups in total. The first kappa shape index (κ1) is 38.9. The minimum atomic E-state index is -1.07. The van der Waals surface area contributed by atoms with Crippen molar-refractivity contribution >= 4 is 51.4 Å². The molecular formula is C24H48N6O7S2. The predicted octanol–water partition coefficient (Wildman–Crippen LogP) is 1.72. The highest BCUT2D eigenvalue weighted by molar-refractivity contribution is 8.76. The van der Waals surface area contributed by atoms with Crippen LogP contribution in [0.15, 0.2) is 4.99 Å². The average Bonchev–Trinajstić information content (AvgIpc) is 2.87. The molecular weight excluding hydrogens is 548 g/mol. The average molecular weight is 597 g/mol. The summed E-state index contributed by atoms with van der Waals surface area (Å²) in [6.45, 7) is 2.57. The van der Waals surface area contributed by atoms with Crippen molar-refractivity contribution in [1.82, 2.24) is 5.32 Å². The number of guanidine groups is 1. The fourth-order valence-corrected chi connectivity index (χ4v) is 5.24. The number of hydrogen-bond acceptors (Lipinski definition) is 9. The molecule has 3 atom stereocenters. The lowest BCUT2D eigenvalue weighted by Gasteiger charge is -2.14. The van der Waals surface area contributed by atoms with Gasteiger partial charge in [-0.15, -0.1) is 0 Å². The molecule has 0 aliphatic rings. The second kappa shape index (κ2) is 26.0. The lowest BCUT2D eigenvalue weighted by atomic mass is 10.1. The summed E-state index contributed by atoms with van der Waals surface area (Å²) in [7, 11) is 2.41. The number of amides is 1. The van der Waals surface area contributed by atoms with E-state index < -0.39 is 36.0 Å². The molecule has 0 aliphatic heterocycles. The summed E-state index contributed by atoms with van der Waals surface area (Å²) in [4.78, 5) is 47.4. The van der Waals surface area contributed by atoms with Gasteiger partial charge >= 0.3 is 17.9 Å². The summed E-state index contributed by atoms with van der Waals surface area (Å²) >= 11 is 0. The number of carbonyl (C=O) groups excluding carboxylic acids is 1. The van der Waals surface area contributed by atoms with E-state index >= 15 is 0 Å². The first-order chi connectivity index (χ1) is 18.4. The van der Waals surface area contributed by atoms with Gasteiger partial charge in [-0.05, 0) is 19.3 Å². The predicted molar refractivity (Wildman–Crippen MR) is 157 cm³/mol. The van der Waals surface area contributed by atoms with E-state index in [9.17, 15) is 19.2 Å². The zero-order valence-electron chi connectivity index (χ0n) is 22.9. The summed E-state index contributed by atoms with van der Waals surface area (Å²) in [5, 5.41) is 28.6. The van der Waals surface area contributed by atoms with Gasteiger partial charge in [0.2, 0.25) is 5.91 Å². The number of unbranched alkanes of at least 4 members (excludes halogenated alkanes) is 8. The van der Waals surface area contributed by atoms with E-state index in [1.807, 2.05) is 0 Å². The molecule has 228 valence electrons. The fraction of sp³-hybridized carbons (Fsp3) is 0.792. The van der Waals surface area contributed by atoms with Crippen molar-refractivity contribution in [2.24, 2.45) is 27.9 Å². The Morgan fingerprint density at radius 3 is 1.62 bits per heavy atom. The zero-order valence-corrected chi connectivity index (χ0v) is 24.5. The lowest BCUT2D eigenvalue weighted by Crippen LogP contribution is -2.40. The van der Waals surface area contributed by atoms with Crippen LogP contribution < -0.4 is 28.3 Å². The number of carboxylic acids is 3. The highest BCUT2D eigenvalue weighted by Crippen LogP contribution is 2.22. The van der Waals surface area contributed by atoms with Gasteiger partial charge < -0.3 is 43.6 Å². The van der Waals surface area contributed by atoms with Crippen LogP contribution in [-0.2, 0) is 19.2 Å². The van der Waals surface area contributed by atoms with Gasteiger partial charge in [0.15, 0.2) is 5.96 Å². The molecule has 0 radical (unpaired) electrons. The fourth-order valence-electron chi connectivity index (χ4n) is 3.01. The normalized spacial score (nSPS) is 12.8. The largest absolute Gasteiger partial charge is 0.480 e. The molecule has 0 saturated heterocycles. The molecule has 0 saturated carbocycles. The number of aliphatic imine (C=N–C) groups is 1. The minimum Gasteiger partial charge on any atom is -0.480 e. The molecule has 1 unspecified atom stereocenters. The van der Waals surface area contributed by atoms with Crippen LogP contribution >= 0.6 is 21.6 Å². The topological polar surface area (TPSA) is 257 Å². The summed E-state index contributed by atoms with van der Waals surface area (Å²) < 4.78 is 0. The Kier molecular flexibility index (Phi) is 26.0. The Bertz CT molecular complexity index is 705. The highest BCUT2D eigenvalue weighted by atomic mass is 33.1. The van der Waals surface area contributed by atoms with Gasteiger partial charge in [0.25, 0.3) is 0 Å². The van der Waals surface area contributed by atoms with Crippen molar-refractivity contribution in [3.8, 4) is 0 Å². The molecule has 15 heteroatoms. The van der Waals surface area contributed by atoms with Crippen LogP contribution in [-0.4, -0.2) is 81.3 Å². The summed E-state index contributed by atoms with van der Waals surface area (Å²) in [6, 6.07) is -2.72. The molecule has 39 heavy (non-hydrogen) atoms. The molecule has 0 heterocycles. The lowest BCUT2D eigenvalue weighted by molar-refractivity contribution is -0.142. The van der Waals surface area contributed by atoms with Crippen molar-refractivity contribution in [3.05, 3.63) is 0 Å². The van der Waals surface area contributed by atoms with E-state index in [4.69, 9.17) is 38.3 Å². The third-order valence-corrected chi connectivity index (χ3v) is 7.77. The number of nitrogens with zero attached hydrogens (tertiary/aromatic N) is 1. The molecule has 0 aromatic rings. The van der Waals surface area contributed by atoms with Crippen LogP contribution in [0.4, 0.5) is 0 Å². The molecule has 0 rings (SSSR count). The number of hydrogen-bond donors (Lipinski definition) is 8. The first-order valence-corrected chi connectivity index (χ1v) is 15.7. The maximum Gasteiger partial charge on any atom is 0.326 e. The Balaban J connectivity index is 0. The van der Waals surface area contributed by atoms with Crippen molar-refractivity contribution in [2.45, 2.75) is 102 Å². The molecule has 0 fully saturated rings. The second-order valence-electron chi connectivity index (χ2n) is 8.94. The van der Waals surface area contributed by atoms with Gasteiger partial charge in [-0.3, -0.25) is 19.4 Å². The van der Waals surface area contributed by atoms with Gasteiger partial charge in [0.05, 0.1) is 0 Å². The van der Waals surface area contributed by atoms with Gasteiger partial charge in [-0.2, -0.15) is 0 Å². The highest BCUT2D eigenvalue weighted by Gasteiger charge is 2.19. The number of aliphatic carboxylic acids is 3. The van der Waals surface area contributed by atoms with E-state index in [-0.39, 0.29) is 23.4 Å². The zero-order chi connectivity index (χ0) is 30.1. The van der Waals surface area contributed by atoms with Gasteiger partial charge in [-0.25, -0.2) is 4.79 Å². The smallest absolute Gasteiger partial charge is 0.326 e. The van der Waals surface area contributed by atoms with Crippen LogP contribution in [0.3, 0.4) is 0 Å². The number of rotatable bonds is 23. The number of carbonyl (C=O) groups is 4. The monoisotopic (exact) mass is 596 g/mol. The minimum absolute atomic E-state index is 0.0127. The van der Waals surface area contributed by atoms with Crippen LogP contribution in [0, 0.1) is 0 Å². The van der Waals surface area contributed by atoms with Crippen molar-refractivity contribution in [1.29, 1.82) is 0 Å². The van der Waals surface area contributed by atoms with Crippen molar-refractivity contribution < 1.29 is 34.5 Å². The summed E-state index contributed by atoms with van der Waals surface area (Å²) in [5.74, 6) is -2.91. The SMILES string of the molecule is CCCCCCCCCCCC(=O)N[C@@H](CCCN=C(N)N)C(=O)O.NC(CSSC[C@H](N)C(=O)O)C(=O)O. The third kappa shape index (κ3) is 27.1. The van der Waals surface area contributed by atoms with Crippen LogP contribution in [0.25, 0.3) is 0 Å². The van der Waals surface area contributed by atoms with Crippen LogP contribution in [0.2, 0.25) is 0 Å². The molecule has 0 aromatic heterocycles. The maximum atomic E-state index is 11.9. The Morgan fingerprint density at radius 1 is 0.744 bits per heavy atom. The Hall–Kier alpha value is -2.23. The molecule has 0 spiro atoms. The standard InChI is InChI=1S/C18H36N4O3.C6H12N2O4S2/c1-2-3-4-5-6-7-8-9-10-13-16(23)22-15(17(24)25)12-11-14-21-18(19)20;7-3(5(9)10)1-13-14-2-4(8)6(11)12/h15H,2-14H2,1H3,(H,22,23)(H,24,25)(H4,19,20,21);3-4H,1-2,7-8H2,(H,9,10)(H,11,12)/t15-;3-,4?/m00/s1. The third-order valence-electron chi connectivity index (χ3n) is 5.30. The molecule has 0 bridgehead atoms. The van der Waals surface area contributed by atoms with Gasteiger partial charge in [0.1, 0.15) is 18.1 Å². The summed E-state index contributed by atoms with van der Waals surface area (Å²) in [6.07, 6.45) is 11.9. The molecule has 0 aliphatic carbocycles. The van der Waals surface area contributed by atoms with E-state index in [0.717, 1.165) is 19.3 Å². The van der Waals surface area contributed by atoms with Crippen molar-refractivity contribution in [2.75, 3.05) is 18.1 Å². The molecule has 13 nitrogen and oxygen atoms in total. The van der Waals surface area contributed by atoms with Crippen LogP contribution in [0.1, 0.15) is 84.0 Å². The number of nitrogens with one attached hydrogen (secondary N) is 1. The molecule has 1 amide bonds. The van der Waals surface area contributed by atoms with Crippen LogP contribution in [0.5, 0.6) is 0 Å². The maximum absolute atomic E-state index is 11.9. The number of nitrogens with two attached hydrogens (primary N) is 4. The van der Waals surface area contributed by atoms with Gasteiger partial charge in [0, 0.05) is 24.5 Å². The van der Waals surface area contributed by atoms with Crippen molar-refractivity contribution in [3.63, 3.8) is 0 Å². The van der Waals surface area contributed by atoms with Gasteiger partial charge in [-0.1, -0.05) is 79.9 Å². The second-order valence-corrected chi connectivity index (χ2v) is 11.5. The van der Waals surface area contributed by atoms with E-state index in [1.54, 1.807) is 0 Å². The molecule has 0 aromatic carbocycles. The number of carboxylic acid groups (broad SMARTS) is 3.